The number of nitrogens with zero attached hydrogens (tertiary/aromatic N) is 3. The van der Waals surface area contributed by atoms with E-state index < -0.39 is 5.60 Å². The van der Waals surface area contributed by atoms with E-state index in [1.807, 2.05) is 42.3 Å². The highest BCUT2D eigenvalue weighted by molar-refractivity contribution is 5.92. The zero-order chi connectivity index (χ0) is 21.7. The van der Waals surface area contributed by atoms with Crippen molar-refractivity contribution in [3.63, 3.8) is 0 Å². The van der Waals surface area contributed by atoms with Crippen LogP contribution in [0.5, 0.6) is 5.75 Å². The predicted octanol–water partition coefficient (Wildman–Crippen LogP) is 3.03. The van der Waals surface area contributed by atoms with Gasteiger partial charge in [0.2, 0.25) is 0 Å². The number of nitrogens with one attached hydrogen (secondary N) is 1. The van der Waals surface area contributed by atoms with E-state index in [4.69, 9.17) is 4.74 Å². The van der Waals surface area contributed by atoms with Gasteiger partial charge in [0.1, 0.15) is 11.4 Å². The van der Waals surface area contributed by atoms with Crippen LogP contribution in [0.25, 0.3) is 0 Å². The van der Waals surface area contributed by atoms with E-state index in [0.29, 0.717) is 44.1 Å². The lowest BCUT2D eigenvalue weighted by atomic mass is 9.94. The summed E-state index contributed by atoms with van der Waals surface area (Å²) in [4.78, 5) is 16.8. The first-order valence-electron chi connectivity index (χ1n) is 10.7. The number of likely N-dealkylation sites (tertiary alicyclic amines) is 1. The Kier molecular flexibility index (Phi) is 7.15. The van der Waals surface area contributed by atoms with Gasteiger partial charge in [0, 0.05) is 31.9 Å². The minimum absolute atomic E-state index is 0.0611. The number of carbonyl (C=O) groups is 1. The molecule has 30 heavy (non-hydrogen) atoms. The molecule has 0 saturated carbocycles. The SMILES string of the molecule is COc1ccc(CN(C)CC2(O)CCCN(C(=O)c3cc(C(C)C)[nH]n3)CC2)cc1. The standard InChI is InChI=1S/C23H34N4O3/c1-17(2)20-14-21(25-24-20)22(28)27-12-5-10-23(29,11-13-27)16-26(3)15-18-6-8-19(30-4)9-7-18/h6-9,14,17,29H,5,10-13,15-16H2,1-4H3,(H,24,25). The molecule has 7 heteroatoms. The number of benzene rings is 1. The molecule has 1 aromatic heterocycles. The van der Waals surface area contributed by atoms with Crippen LogP contribution in [-0.4, -0.2) is 70.4 Å². The number of aromatic nitrogens is 2. The monoisotopic (exact) mass is 414 g/mol. The fourth-order valence-corrected chi connectivity index (χ4v) is 4.04. The minimum atomic E-state index is -0.801. The van der Waals surface area contributed by atoms with Gasteiger partial charge in [0.05, 0.1) is 12.7 Å². The fourth-order valence-electron chi connectivity index (χ4n) is 4.04. The molecular weight excluding hydrogens is 380 g/mol. The Morgan fingerprint density at radius 3 is 2.67 bits per heavy atom. The van der Waals surface area contributed by atoms with Crippen LogP contribution in [-0.2, 0) is 6.54 Å². The van der Waals surface area contributed by atoms with Crippen molar-refractivity contribution >= 4 is 5.91 Å². The second-order valence-corrected chi connectivity index (χ2v) is 8.75. The van der Waals surface area contributed by atoms with Crippen molar-refractivity contribution in [2.75, 3.05) is 33.8 Å². The van der Waals surface area contributed by atoms with E-state index in [1.54, 1.807) is 7.11 Å². The smallest absolute Gasteiger partial charge is 0.274 e. The lowest BCUT2D eigenvalue weighted by Crippen LogP contribution is -2.42. The molecule has 1 fully saturated rings. The number of rotatable bonds is 7. The summed E-state index contributed by atoms with van der Waals surface area (Å²) in [5.41, 5.74) is 1.79. The van der Waals surface area contributed by atoms with Gasteiger partial charge in [-0.15, -0.1) is 0 Å². The number of ether oxygens (including phenoxy) is 1. The van der Waals surface area contributed by atoms with Crippen LogP contribution in [0.4, 0.5) is 0 Å². The summed E-state index contributed by atoms with van der Waals surface area (Å²) in [5.74, 6) is 1.08. The highest BCUT2D eigenvalue weighted by atomic mass is 16.5. The molecule has 2 aromatic rings. The number of methoxy groups -OCH3 is 1. The Bertz CT molecular complexity index is 833. The molecule has 0 radical (unpaired) electrons. The topological polar surface area (TPSA) is 81.7 Å². The first-order chi connectivity index (χ1) is 14.3. The fraction of sp³-hybridized carbons (Fsp3) is 0.565. The van der Waals surface area contributed by atoms with Crippen LogP contribution in [0.1, 0.15) is 60.8 Å². The maximum Gasteiger partial charge on any atom is 0.274 e. The van der Waals surface area contributed by atoms with E-state index in [9.17, 15) is 9.90 Å². The number of hydrogen-bond acceptors (Lipinski definition) is 5. The summed E-state index contributed by atoms with van der Waals surface area (Å²) in [7, 11) is 3.68. The van der Waals surface area contributed by atoms with Crippen molar-refractivity contribution in [3.05, 3.63) is 47.3 Å². The maximum absolute atomic E-state index is 12.9. The largest absolute Gasteiger partial charge is 0.497 e. The van der Waals surface area contributed by atoms with Gasteiger partial charge < -0.3 is 14.7 Å². The van der Waals surface area contributed by atoms with E-state index in [1.165, 1.54) is 5.56 Å². The van der Waals surface area contributed by atoms with Crippen molar-refractivity contribution in [1.29, 1.82) is 0 Å². The van der Waals surface area contributed by atoms with E-state index in [2.05, 4.69) is 28.9 Å². The van der Waals surface area contributed by atoms with Crippen LogP contribution < -0.4 is 4.74 Å². The molecule has 1 saturated heterocycles. The van der Waals surface area contributed by atoms with Crippen molar-refractivity contribution < 1.29 is 14.6 Å². The molecule has 7 nitrogen and oxygen atoms in total. The summed E-state index contributed by atoms with van der Waals surface area (Å²) >= 11 is 0. The van der Waals surface area contributed by atoms with Crippen LogP contribution in [0, 0.1) is 0 Å². The van der Waals surface area contributed by atoms with Crippen molar-refractivity contribution in [1.82, 2.24) is 20.0 Å². The third kappa shape index (κ3) is 5.61. The zero-order valence-corrected chi connectivity index (χ0v) is 18.5. The molecule has 0 aliphatic carbocycles. The average molecular weight is 415 g/mol. The van der Waals surface area contributed by atoms with Crippen LogP contribution in [0.2, 0.25) is 0 Å². The van der Waals surface area contributed by atoms with Crippen LogP contribution in [0.15, 0.2) is 30.3 Å². The van der Waals surface area contributed by atoms with Gasteiger partial charge in [-0.25, -0.2) is 0 Å². The predicted molar refractivity (Wildman–Crippen MR) is 117 cm³/mol. The summed E-state index contributed by atoms with van der Waals surface area (Å²) in [6.45, 7) is 6.64. The van der Waals surface area contributed by atoms with E-state index >= 15 is 0 Å². The summed E-state index contributed by atoms with van der Waals surface area (Å²) in [6.07, 6.45) is 2.02. The summed E-state index contributed by atoms with van der Waals surface area (Å²) < 4.78 is 5.21. The molecule has 0 bridgehead atoms. The Morgan fingerprint density at radius 1 is 1.30 bits per heavy atom. The lowest BCUT2D eigenvalue weighted by molar-refractivity contribution is -0.00402. The molecule has 2 heterocycles. The zero-order valence-electron chi connectivity index (χ0n) is 18.5. The second kappa shape index (κ2) is 9.62. The molecule has 1 aliphatic rings. The number of H-pyrrole nitrogens is 1. The molecule has 1 atom stereocenters. The van der Waals surface area contributed by atoms with E-state index in [-0.39, 0.29) is 5.91 Å². The Labute approximate surface area is 179 Å². The third-order valence-electron chi connectivity index (χ3n) is 5.82. The summed E-state index contributed by atoms with van der Waals surface area (Å²) in [6, 6.07) is 9.83. The normalized spacial score (nSPS) is 19.9. The summed E-state index contributed by atoms with van der Waals surface area (Å²) in [5, 5.41) is 18.4. The number of aliphatic hydroxyl groups is 1. The second-order valence-electron chi connectivity index (χ2n) is 8.75. The first kappa shape index (κ1) is 22.3. The molecule has 1 aromatic carbocycles. The molecule has 2 N–H and O–H groups in total. The van der Waals surface area contributed by atoms with Crippen molar-refractivity contribution in [2.24, 2.45) is 0 Å². The quantitative estimate of drug-likeness (QED) is 0.728. The van der Waals surface area contributed by atoms with Gasteiger partial charge >= 0.3 is 0 Å². The lowest BCUT2D eigenvalue weighted by Gasteiger charge is -2.31. The number of amides is 1. The molecular formula is C23H34N4O3. The molecule has 1 aliphatic heterocycles. The van der Waals surface area contributed by atoms with Gasteiger partial charge in [-0.3, -0.25) is 14.8 Å². The minimum Gasteiger partial charge on any atom is -0.497 e. The van der Waals surface area contributed by atoms with Crippen LogP contribution in [0.3, 0.4) is 0 Å². The third-order valence-corrected chi connectivity index (χ3v) is 5.82. The van der Waals surface area contributed by atoms with Crippen molar-refractivity contribution in [3.8, 4) is 5.75 Å². The maximum atomic E-state index is 12.9. The molecule has 1 amide bonds. The number of carbonyl (C=O) groups excluding carboxylic acids is 1. The van der Waals surface area contributed by atoms with Crippen molar-refractivity contribution in [2.45, 2.75) is 51.2 Å². The van der Waals surface area contributed by atoms with Crippen LogP contribution >= 0.6 is 0 Å². The Hall–Kier alpha value is -2.38. The van der Waals surface area contributed by atoms with Gasteiger partial charge in [-0.1, -0.05) is 26.0 Å². The first-order valence-corrected chi connectivity index (χ1v) is 10.7. The molecule has 1 unspecified atom stereocenters. The Morgan fingerprint density at radius 2 is 2.03 bits per heavy atom. The Balaban J connectivity index is 1.56. The van der Waals surface area contributed by atoms with Gasteiger partial charge in [-0.2, -0.15) is 5.10 Å². The molecule has 3 rings (SSSR count). The number of likely N-dealkylation sites (N-methyl/N-ethyl adjacent to an activating group) is 1. The average Bonchev–Trinajstić information content (AvgIpc) is 3.13. The van der Waals surface area contributed by atoms with Gasteiger partial charge in [0.15, 0.2) is 0 Å². The van der Waals surface area contributed by atoms with Gasteiger partial charge in [-0.05, 0) is 56.0 Å². The highest BCUT2D eigenvalue weighted by Gasteiger charge is 2.33. The number of hydrogen-bond donors (Lipinski definition) is 2. The van der Waals surface area contributed by atoms with Gasteiger partial charge in [0.25, 0.3) is 5.91 Å². The molecule has 164 valence electrons. The van der Waals surface area contributed by atoms with E-state index in [0.717, 1.165) is 24.4 Å². The number of aromatic amines is 1. The molecule has 0 spiro atoms. The highest BCUT2D eigenvalue weighted by Crippen LogP contribution is 2.25.